The fraction of sp³-hybridized carbons (Fsp3) is 0.368. The number of nitrogens with one attached hydrogen (secondary N) is 1. The Kier molecular flexibility index (Phi) is 6.26. The van der Waals surface area contributed by atoms with Crippen molar-refractivity contribution in [1.29, 1.82) is 0 Å². The smallest absolute Gasteiger partial charge is 0.251 e. The van der Waals surface area contributed by atoms with Crippen LogP contribution in [0.5, 0.6) is 0 Å². The second-order valence-corrected chi connectivity index (χ2v) is 6.85. The highest BCUT2D eigenvalue weighted by molar-refractivity contribution is 7.98. The fourth-order valence-corrected chi connectivity index (χ4v) is 3.44. The van der Waals surface area contributed by atoms with E-state index in [9.17, 15) is 4.79 Å². The first-order valence-electron chi connectivity index (χ1n) is 8.34. The topological polar surface area (TPSA) is 51.2 Å². The van der Waals surface area contributed by atoms with Gasteiger partial charge < -0.3 is 10.1 Å². The molecule has 126 valence electrons. The summed E-state index contributed by atoms with van der Waals surface area (Å²) in [6.07, 6.45) is 5.30. The Bertz CT molecular complexity index is 640. The van der Waals surface area contributed by atoms with Crippen molar-refractivity contribution >= 4 is 17.7 Å². The molecule has 0 saturated carbocycles. The number of carbonyl (C=O) groups excluding carboxylic acids is 1. The highest BCUT2D eigenvalue weighted by Gasteiger charge is 2.15. The monoisotopic (exact) mass is 342 g/mol. The summed E-state index contributed by atoms with van der Waals surface area (Å²) in [5, 5.41) is 3.97. The highest BCUT2D eigenvalue weighted by Crippen LogP contribution is 2.20. The van der Waals surface area contributed by atoms with Crippen LogP contribution in [0.3, 0.4) is 0 Å². The van der Waals surface area contributed by atoms with Gasteiger partial charge in [-0.15, -0.1) is 11.8 Å². The minimum Gasteiger partial charge on any atom is -0.376 e. The Morgan fingerprint density at radius 2 is 2.08 bits per heavy atom. The Hall–Kier alpha value is -1.85. The average Bonchev–Trinajstić information content (AvgIpc) is 2.66. The van der Waals surface area contributed by atoms with Crippen molar-refractivity contribution in [1.82, 2.24) is 10.3 Å². The summed E-state index contributed by atoms with van der Waals surface area (Å²) in [5.74, 6) is 0.808. The average molecular weight is 342 g/mol. The maximum Gasteiger partial charge on any atom is 0.251 e. The van der Waals surface area contributed by atoms with Gasteiger partial charge in [0, 0.05) is 30.7 Å². The van der Waals surface area contributed by atoms with Crippen LogP contribution >= 0.6 is 11.8 Å². The first-order chi connectivity index (χ1) is 11.8. The van der Waals surface area contributed by atoms with E-state index < -0.39 is 0 Å². The molecule has 1 atom stereocenters. The quantitative estimate of drug-likeness (QED) is 0.814. The maximum atomic E-state index is 12.2. The first kappa shape index (κ1) is 17.0. The first-order valence-corrected chi connectivity index (χ1v) is 9.32. The lowest BCUT2D eigenvalue weighted by Crippen LogP contribution is -2.35. The van der Waals surface area contributed by atoms with E-state index in [2.05, 4.69) is 10.3 Å². The number of pyridine rings is 1. The molecule has 0 aliphatic carbocycles. The minimum atomic E-state index is -0.0342. The van der Waals surface area contributed by atoms with Crippen molar-refractivity contribution in [2.75, 3.05) is 13.2 Å². The fourth-order valence-electron chi connectivity index (χ4n) is 2.62. The third-order valence-electron chi connectivity index (χ3n) is 4.00. The van der Waals surface area contributed by atoms with Crippen LogP contribution in [0.1, 0.15) is 35.2 Å². The van der Waals surface area contributed by atoms with Crippen molar-refractivity contribution in [3.05, 3.63) is 59.8 Å². The molecule has 4 nitrogen and oxygen atoms in total. The summed E-state index contributed by atoms with van der Waals surface area (Å²) >= 11 is 1.69. The summed E-state index contributed by atoms with van der Waals surface area (Å²) in [5.41, 5.74) is 1.87. The number of benzene rings is 1. The van der Waals surface area contributed by atoms with E-state index in [1.807, 2.05) is 42.5 Å². The number of hydrogen-bond acceptors (Lipinski definition) is 4. The summed E-state index contributed by atoms with van der Waals surface area (Å²) in [6, 6.07) is 13.7. The van der Waals surface area contributed by atoms with E-state index in [4.69, 9.17) is 4.74 Å². The number of nitrogens with zero attached hydrogens (tertiary/aromatic N) is 1. The molecule has 0 unspecified atom stereocenters. The normalized spacial score (nSPS) is 17.4. The van der Waals surface area contributed by atoms with Crippen LogP contribution < -0.4 is 5.32 Å². The van der Waals surface area contributed by atoms with Crippen LogP contribution in [0.25, 0.3) is 0 Å². The third kappa shape index (κ3) is 5.08. The lowest BCUT2D eigenvalue weighted by atomic mass is 10.1. The van der Waals surface area contributed by atoms with Crippen LogP contribution in [0.15, 0.2) is 53.7 Å². The van der Waals surface area contributed by atoms with Gasteiger partial charge in [0.25, 0.3) is 5.91 Å². The molecule has 3 rings (SSSR count). The molecule has 1 aromatic carbocycles. The summed E-state index contributed by atoms with van der Waals surface area (Å²) in [6.45, 7) is 1.40. The highest BCUT2D eigenvalue weighted by atomic mass is 32.2. The lowest BCUT2D eigenvalue weighted by Gasteiger charge is -2.22. The van der Waals surface area contributed by atoms with Crippen LogP contribution in [-0.4, -0.2) is 30.1 Å². The van der Waals surface area contributed by atoms with Gasteiger partial charge in [0.2, 0.25) is 0 Å². The van der Waals surface area contributed by atoms with Crippen LogP contribution in [0.2, 0.25) is 0 Å². The van der Waals surface area contributed by atoms with Gasteiger partial charge in [-0.25, -0.2) is 4.98 Å². The molecule has 2 aromatic rings. The Balaban J connectivity index is 1.47. The SMILES string of the molecule is O=C(NC[C@@H]1CCCCO1)c1ccc(CSc2ccccn2)cc1. The second kappa shape index (κ2) is 8.85. The molecule has 2 heterocycles. The van der Waals surface area contributed by atoms with Crippen molar-refractivity contribution in [3.63, 3.8) is 0 Å². The van der Waals surface area contributed by atoms with Gasteiger partial charge in [-0.1, -0.05) is 18.2 Å². The van der Waals surface area contributed by atoms with Crippen molar-refractivity contribution < 1.29 is 9.53 Å². The van der Waals surface area contributed by atoms with Gasteiger partial charge in [0.15, 0.2) is 0 Å². The molecule has 0 spiro atoms. The Morgan fingerprint density at radius 3 is 2.79 bits per heavy atom. The number of rotatable bonds is 6. The van der Waals surface area contributed by atoms with Crippen LogP contribution in [0.4, 0.5) is 0 Å². The van der Waals surface area contributed by atoms with Gasteiger partial charge in [-0.2, -0.15) is 0 Å². The van der Waals surface area contributed by atoms with Gasteiger partial charge in [0.1, 0.15) is 0 Å². The predicted molar refractivity (Wildman–Crippen MR) is 96.2 cm³/mol. The molecule has 1 saturated heterocycles. The number of amides is 1. The van der Waals surface area contributed by atoms with E-state index in [1.54, 1.807) is 18.0 Å². The van der Waals surface area contributed by atoms with Crippen LogP contribution in [-0.2, 0) is 10.5 Å². The van der Waals surface area contributed by atoms with Gasteiger partial charge in [0.05, 0.1) is 11.1 Å². The molecule has 1 aromatic heterocycles. The summed E-state index contributed by atoms with van der Waals surface area (Å²) in [7, 11) is 0. The zero-order valence-corrected chi connectivity index (χ0v) is 14.4. The zero-order chi connectivity index (χ0) is 16.6. The molecule has 1 N–H and O–H groups in total. The Labute approximate surface area is 147 Å². The van der Waals surface area contributed by atoms with Crippen LogP contribution in [0, 0.1) is 0 Å². The van der Waals surface area contributed by atoms with Gasteiger partial charge in [-0.3, -0.25) is 4.79 Å². The molecular weight excluding hydrogens is 320 g/mol. The van der Waals surface area contributed by atoms with Gasteiger partial charge in [-0.05, 0) is 49.1 Å². The second-order valence-electron chi connectivity index (χ2n) is 5.85. The number of ether oxygens (including phenoxy) is 1. The maximum absolute atomic E-state index is 12.2. The largest absolute Gasteiger partial charge is 0.376 e. The molecule has 1 aliphatic rings. The minimum absolute atomic E-state index is 0.0342. The third-order valence-corrected chi connectivity index (χ3v) is 5.02. The van der Waals surface area contributed by atoms with E-state index in [1.165, 1.54) is 12.0 Å². The molecule has 1 fully saturated rings. The van der Waals surface area contributed by atoms with E-state index >= 15 is 0 Å². The van der Waals surface area contributed by atoms with E-state index in [0.717, 1.165) is 30.2 Å². The van der Waals surface area contributed by atoms with Crippen molar-refractivity contribution in [3.8, 4) is 0 Å². The molecule has 1 amide bonds. The van der Waals surface area contributed by atoms with Crippen molar-refractivity contribution in [2.24, 2.45) is 0 Å². The number of hydrogen-bond donors (Lipinski definition) is 1. The van der Waals surface area contributed by atoms with Crippen molar-refractivity contribution in [2.45, 2.75) is 36.1 Å². The Morgan fingerprint density at radius 1 is 1.21 bits per heavy atom. The molecule has 24 heavy (non-hydrogen) atoms. The number of aromatic nitrogens is 1. The summed E-state index contributed by atoms with van der Waals surface area (Å²) in [4.78, 5) is 16.5. The van der Waals surface area contributed by atoms with E-state index in [-0.39, 0.29) is 12.0 Å². The number of thioether (sulfide) groups is 1. The predicted octanol–water partition coefficient (Wildman–Crippen LogP) is 3.67. The molecule has 1 aliphatic heterocycles. The molecule has 5 heteroatoms. The summed E-state index contributed by atoms with van der Waals surface area (Å²) < 4.78 is 5.63. The molecular formula is C19H22N2O2S. The lowest BCUT2D eigenvalue weighted by molar-refractivity contribution is 0.0169. The molecule has 0 radical (unpaired) electrons. The van der Waals surface area contributed by atoms with E-state index in [0.29, 0.717) is 12.1 Å². The van der Waals surface area contributed by atoms with Gasteiger partial charge >= 0.3 is 0 Å². The standard InChI is InChI=1S/C19H22N2O2S/c22-19(21-13-17-5-2-4-12-23-17)16-9-7-15(8-10-16)14-24-18-6-1-3-11-20-18/h1,3,6-11,17H,2,4-5,12-14H2,(H,21,22)/t17-/m0/s1. The molecule has 0 bridgehead atoms. The zero-order valence-electron chi connectivity index (χ0n) is 13.6. The number of carbonyl (C=O) groups is 1.